The van der Waals surface area contributed by atoms with E-state index in [0.29, 0.717) is 0 Å². The predicted molar refractivity (Wildman–Crippen MR) is 152 cm³/mol. The van der Waals surface area contributed by atoms with Crippen molar-refractivity contribution in [3.8, 4) is 5.75 Å². The van der Waals surface area contributed by atoms with E-state index in [2.05, 4.69) is 22.3 Å². The molecule has 5 N–H and O–H groups in total. The first-order valence-electron chi connectivity index (χ1n) is 13.4. The first kappa shape index (κ1) is 32.9. The molecular formula is C30H34FN3O9. The third kappa shape index (κ3) is 8.93. The minimum Gasteiger partial charge on any atom is -0.497 e. The third-order valence-electron chi connectivity index (χ3n) is 7.15. The van der Waals surface area contributed by atoms with E-state index in [1.54, 1.807) is 19.2 Å². The van der Waals surface area contributed by atoms with Gasteiger partial charge in [-0.25, -0.2) is 9.18 Å². The van der Waals surface area contributed by atoms with E-state index in [1.807, 2.05) is 18.2 Å². The number of amides is 1. The van der Waals surface area contributed by atoms with Crippen molar-refractivity contribution in [3.05, 3.63) is 71.7 Å². The molecule has 1 fully saturated rings. The van der Waals surface area contributed by atoms with Crippen LogP contribution in [0, 0.1) is 5.82 Å². The van der Waals surface area contributed by atoms with Gasteiger partial charge in [0, 0.05) is 31.9 Å². The Labute approximate surface area is 246 Å². The van der Waals surface area contributed by atoms with Crippen molar-refractivity contribution in [1.82, 2.24) is 15.2 Å². The second-order valence-corrected chi connectivity index (χ2v) is 10.4. The Morgan fingerprint density at radius 2 is 1.58 bits per heavy atom. The van der Waals surface area contributed by atoms with E-state index in [0.717, 1.165) is 60.4 Å². The SMILES string of the molecule is COc1ccc2nc(CN3CCC(NC(C)=O)(c4ccc(F)cc4)CC3)ccc2c1.O=C(O)CC(O)(CC(=O)O)C(=O)O. The van der Waals surface area contributed by atoms with Gasteiger partial charge in [-0.3, -0.25) is 24.3 Å². The number of carboxylic acid groups (broad SMARTS) is 3. The summed E-state index contributed by atoms with van der Waals surface area (Å²) in [6, 6.07) is 16.5. The highest BCUT2D eigenvalue weighted by atomic mass is 19.1. The standard InChI is InChI=1S/C24H26FN3O2.C6H8O7/c1-17(29)27-24(19-4-6-20(25)7-5-19)11-13-28(14-12-24)16-21-8-3-18-15-22(30-2)9-10-23(18)26-21;7-3(8)1-6(13,5(11)12)2-4(9)10/h3-10,15H,11-14,16H2,1-2H3,(H,27,29);13H,1-2H2,(H,7,8)(H,9,10)(H,11,12). The fourth-order valence-corrected chi connectivity index (χ4v) is 4.99. The highest BCUT2D eigenvalue weighted by Crippen LogP contribution is 2.34. The predicted octanol–water partition coefficient (Wildman–Crippen LogP) is 2.76. The molecule has 1 aliphatic rings. The van der Waals surface area contributed by atoms with Crippen LogP contribution in [0.3, 0.4) is 0 Å². The van der Waals surface area contributed by atoms with Gasteiger partial charge in [0.1, 0.15) is 11.6 Å². The highest BCUT2D eigenvalue weighted by Gasteiger charge is 2.41. The van der Waals surface area contributed by atoms with Gasteiger partial charge in [-0.1, -0.05) is 18.2 Å². The van der Waals surface area contributed by atoms with Crippen LogP contribution in [0.15, 0.2) is 54.6 Å². The van der Waals surface area contributed by atoms with Crippen LogP contribution in [0.1, 0.15) is 43.9 Å². The number of aliphatic carboxylic acids is 3. The Morgan fingerprint density at radius 1 is 0.977 bits per heavy atom. The zero-order chi connectivity index (χ0) is 31.8. The number of pyridine rings is 1. The highest BCUT2D eigenvalue weighted by molar-refractivity contribution is 5.88. The number of methoxy groups -OCH3 is 1. The maximum absolute atomic E-state index is 13.4. The Bertz CT molecular complexity index is 1460. The fourth-order valence-electron chi connectivity index (χ4n) is 4.99. The lowest BCUT2D eigenvalue weighted by atomic mass is 9.80. The second kappa shape index (κ2) is 14.0. The first-order chi connectivity index (χ1) is 20.2. The number of carbonyl (C=O) groups is 4. The van der Waals surface area contributed by atoms with Crippen LogP contribution in [0.4, 0.5) is 4.39 Å². The van der Waals surface area contributed by atoms with E-state index in [-0.39, 0.29) is 11.7 Å². The number of aliphatic hydroxyl groups is 1. The van der Waals surface area contributed by atoms with Crippen molar-refractivity contribution in [1.29, 1.82) is 0 Å². The molecule has 3 aromatic rings. The molecule has 1 aliphatic heterocycles. The van der Waals surface area contributed by atoms with Crippen molar-refractivity contribution in [2.45, 2.75) is 50.3 Å². The molecule has 12 nitrogen and oxygen atoms in total. The summed E-state index contributed by atoms with van der Waals surface area (Å²) in [5.74, 6) is -4.54. The largest absolute Gasteiger partial charge is 0.497 e. The summed E-state index contributed by atoms with van der Waals surface area (Å²) in [4.78, 5) is 49.5. The number of likely N-dealkylation sites (tertiary alicyclic amines) is 1. The van der Waals surface area contributed by atoms with Gasteiger partial charge in [-0.15, -0.1) is 0 Å². The lowest BCUT2D eigenvalue weighted by molar-refractivity contribution is -0.170. The summed E-state index contributed by atoms with van der Waals surface area (Å²) in [6.07, 6.45) is -0.755. The quantitative estimate of drug-likeness (QED) is 0.231. The molecule has 0 bridgehead atoms. The number of rotatable bonds is 10. The smallest absolute Gasteiger partial charge is 0.336 e. The summed E-state index contributed by atoms with van der Waals surface area (Å²) in [7, 11) is 1.66. The summed E-state index contributed by atoms with van der Waals surface area (Å²) >= 11 is 0. The van der Waals surface area contributed by atoms with Crippen LogP contribution in [0.25, 0.3) is 10.9 Å². The molecule has 1 saturated heterocycles. The molecule has 0 radical (unpaired) electrons. The third-order valence-corrected chi connectivity index (χ3v) is 7.15. The van der Waals surface area contributed by atoms with Crippen LogP contribution < -0.4 is 10.1 Å². The number of carbonyl (C=O) groups excluding carboxylic acids is 1. The molecule has 0 atom stereocenters. The number of carboxylic acids is 3. The molecular weight excluding hydrogens is 565 g/mol. The Balaban J connectivity index is 0.000000331. The Morgan fingerprint density at radius 3 is 2.09 bits per heavy atom. The van der Waals surface area contributed by atoms with E-state index in [4.69, 9.17) is 30.1 Å². The van der Waals surface area contributed by atoms with Gasteiger partial charge in [0.05, 0.1) is 36.7 Å². The zero-order valence-electron chi connectivity index (χ0n) is 23.7. The molecule has 0 aliphatic carbocycles. The lowest BCUT2D eigenvalue weighted by Gasteiger charge is -2.42. The van der Waals surface area contributed by atoms with E-state index < -0.39 is 41.9 Å². The molecule has 4 rings (SSSR count). The summed E-state index contributed by atoms with van der Waals surface area (Å²) in [6.45, 7) is 3.92. The number of nitrogens with one attached hydrogen (secondary N) is 1. The molecule has 2 aromatic carbocycles. The number of ether oxygens (including phenoxy) is 1. The summed E-state index contributed by atoms with van der Waals surface area (Å²) < 4.78 is 18.7. The number of hydrogen-bond acceptors (Lipinski definition) is 8. The number of hydrogen-bond donors (Lipinski definition) is 5. The van der Waals surface area contributed by atoms with Gasteiger partial charge in [0.15, 0.2) is 5.60 Å². The van der Waals surface area contributed by atoms with Crippen LogP contribution in [0.2, 0.25) is 0 Å². The fraction of sp³-hybridized carbons (Fsp3) is 0.367. The summed E-state index contributed by atoms with van der Waals surface area (Å²) in [5.41, 5.74) is -0.275. The molecule has 0 unspecified atom stereocenters. The van der Waals surface area contributed by atoms with Gasteiger partial charge in [-0.2, -0.15) is 0 Å². The van der Waals surface area contributed by atoms with Crippen molar-refractivity contribution in [2.24, 2.45) is 0 Å². The van der Waals surface area contributed by atoms with E-state index in [9.17, 15) is 23.6 Å². The molecule has 0 spiro atoms. The normalized spacial score (nSPS) is 14.7. The molecule has 1 amide bonds. The van der Waals surface area contributed by atoms with E-state index >= 15 is 0 Å². The topological polar surface area (TPSA) is 187 Å². The average Bonchev–Trinajstić information content (AvgIpc) is 2.93. The van der Waals surface area contributed by atoms with E-state index in [1.165, 1.54) is 19.1 Å². The van der Waals surface area contributed by atoms with Crippen molar-refractivity contribution >= 4 is 34.7 Å². The molecule has 13 heteroatoms. The minimum atomic E-state index is -2.74. The van der Waals surface area contributed by atoms with Crippen LogP contribution >= 0.6 is 0 Å². The Kier molecular flexibility index (Phi) is 10.7. The number of halogens is 1. The number of fused-ring (bicyclic) bond motifs is 1. The maximum atomic E-state index is 13.4. The minimum absolute atomic E-state index is 0.0700. The monoisotopic (exact) mass is 599 g/mol. The van der Waals surface area contributed by atoms with Gasteiger partial charge in [0.2, 0.25) is 5.91 Å². The van der Waals surface area contributed by atoms with Crippen molar-refractivity contribution in [3.63, 3.8) is 0 Å². The van der Waals surface area contributed by atoms with Crippen LogP contribution in [-0.2, 0) is 31.3 Å². The molecule has 2 heterocycles. The lowest BCUT2D eigenvalue weighted by Crippen LogP contribution is -2.52. The maximum Gasteiger partial charge on any atom is 0.336 e. The van der Waals surface area contributed by atoms with Crippen molar-refractivity contribution < 1.29 is 48.7 Å². The number of piperidine rings is 1. The van der Waals surface area contributed by atoms with Gasteiger partial charge < -0.3 is 30.5 Å². The van der Waals surface area contributed by atoms with Gasteiger partial charge in [-0.05, 0) is 54.8 Å². The molecule has 0 saturated carbocycles. The van der Waals surface area contributed by atoms with Gasteiger partial charge in [0.25, 0.3) is 0 Å². The molecule has 230 valence electrons. The molecule has 43 heavy (non-hydrogen) atoms. The van der Waals surface area contributed by atoms with Crippen LogP contribution in [0.5, 0.6) is 5.75 Å². The van der Waals surface area contributed by atoms with Crippen LogP contribution in [-0.4, -0.2) is 79.9 Å². The Hall–Kier alpha value is -4.62. The summed E-state index contributed by atoms with van der Waals surface area (Å²) in [5, 5.41) is 38.0. The van der Waals surface area contributed by atoms with Gasteiger partial charge >= 0.3 is 17.9 Å². The molecule has 1 aromatic heterocycles. The number of benzene rings is 2. The van der Waals surface area contributed by atoms with Crippen molar-refractivity contribution in [2.75, 3.05) is 20.2 Å². The number of aromatic nitrogens is 1. The second-order valence-electron chi connectivity index (χ2n) is 10.4. The zero-order valence-corrected chi connectivity index (χ0v) is 23.7. The first-order valence-corrected chi connectivity index (χ1v) is 13.4. The number of nitrogens with zero attached hydrogens (tertiary/aromatic N) is 2. The average molecular weight is 600 g/mol.